The molecule has 0 radical (unpaired) electrons. The monoisotopic (exact) mass is 843 g/mol. The van der Waals surface area contributed by atoms with Crippen LogP contribution in [-0.4, -0.2) is 9.13 Å². The van der Waals surface area contributed by atoms with Gasteiger partial charge in [-0.25, -0.2) is 0 Å². The molecule has 10 aromatic carbocycles. The molecule has 0 amide bonds. The van der Waals surface area contributed by atoms with Crippen molar-refractivity contribution in [2.45, 2.75) is 19.3 Å². The minimum Gasteiger partial charge on any atom is -0.310 e. The van der Waals surface area contributed by atoms with Crippen molar-refractivity contribution < 1.29 is 0 Å². The number of aromatic nitrogens is 2. The summed E-state index contributed by atoms with van der Waals surface area (Å²) in [7, 11) is 0. The SMILES string of the molecule is CC1(C)c2ccccc2-c2cccc(-c3ccc(-c4ccc(N(c5cccc(-n6c7ccccc7c7ccccc76)c5)c5cccc(-n6c7ccccc7c7ccccc76)c5)cc4)cc3)c21. The van der Waals surface area contributed by atoms with Gasteiger partial charge in [0.15, 0.2) is 0 Å². The number of rotatable bonds is 7. The van der Waals surface area contributed by atoms with E-state index < -0.39 is 0 Å². The van der Waals surface area contributed by atoms with Gasteiger partial charge in [0.2, 0.25) is 0 Å². The van der Waals surface area contributed by atoms with Crippen LogP contribution in [0.2, 0.25) is 0 Å². The summed E-state index contributed by atoms with van der Waals surface area (Å²) < 4.78 is 4.80. The number of nitrogens with zero attached hydrogens (tertiary/aromatic N) is 3. The van der Waals surface area contributed by atoms with Crippen molar-refractivity contribution >= 4 is 60.7 Å². The number of fused-ring (bicyclic) bond motifs is 9. The molecule has 0 atom stereocenters. The Bertz CT molecular complexity index is 3580. The van der Waals surface area contributed by atoms with Gasteiger partial charge in [-0.2, -0.15) is 0 Å². The van der Waals surface area contributed by atoms with E-state index in [2.05, 4.69) is 264 Å². The second kappa shape index (κ2) is 14.8. The molecule has 1 aliphatic carbocycles. The lowest BCUT2D eigenvalue weighted by Gasteiger charge is -2.27. The molecule has 0 saturated carbocycles. The van der Waals surface area contributed by atoms with E-state index in [4.69, 9.17) is 0 Å². The van der Waals surface area contributed by atoms with Crippen LogP contribution in [0.3, 0.4) is 0 Å². The van der Waals surface area contributed by atoms with E-state index in [1.807, 2.05) is 0 Å². The van der Waals surface area contributed by atoms with Gasteiger partial charge in [-0.1, -0.05) is 178 Å². The van der Waals surface area contributed by atoms with Crippen molar-refractivity contribution in [1.29, 1.82) is 0 Å². The molecule has 312 valence electrons. The van der Waals surface area contributed by atoms with Crippen LogP contribution in [0.15, 0.2) is 237 Å². The second-order valence-corrected chi connectivity index (χ2v) is 18.1. The summed E-state index contributed by atoms with van der Waals surface area (Å²) >= 11 is 0. The normalized spacial score (nSPS) is 12.8. The predicted molar refractivity (Wildman–Crippen MR) is 278 cm³/mol. The fourth-order valence-electron chi connectivity index (χ4n) is 11.1. The molecule has 2 heterocycles. The molecule has 3 nitrogen and oxygen atoms in total. The molecule has 0 aliphatic heterocycles. The van der Waals surface area contributed by atoms with E-state index in [-0.39, 0.29) is 5.41 Å². The molecule has 1 aliphatic rings. The maximum atomic E-state index is 2.40. The van der Waals surface area contributed by atoms with Crippen LogP contribution in [0.1, 0.15) is 25.0 Å². The molecule has 0 N–H and O–H groups in total. The van der Waals surface area contributed by atoms with Crippen molar-refractivity contribution in [1.82, 2.24) is 9.13 Å². The van der Waals surface area contributed by atoms with Crippen LogP contribution in [-0.2, 0) is 5.41 Å². The summed E-state index contributed by atoms with van der Waals surface area (Å²) in [5.74, 6) is 0. The zero-order chi connectivity index (χ0) is 43.9. The van der Waals surface area contributed by atoms with Crippen LogP contribution >= 0.6 is 0 Å². The molecule has 12 aromatic rings. The lowest BCUT2D eigenvalue weighted by atomic mass is 9.79. The fraction of sp³-hybridized carbons (Fsp3) is 0.0476. The molecular weight excluding hydrogens is 799 g/mol. The third-order valence-electron chi connectivity index (χ3n) is 14.1. The topological polar surface area (TPSA) is 13.1 Å². The van der Waals surface area contributed by atoms with E-state index in [9.17, 15) is 0 Å². The number of para-hydroxylation sites is 4. The zero-order valence-electron chi connectivity index (χ0n) is 36.9. The fourth-order valence-corrected chi connectivity index (χ4v) is 11.1. The molecule has 0 saturated heterocycles. The first-order valence-electron chi connectivity index (χ1n) is 22.9. The van der Waals surface area contributed by atoms with Crippen LogP contribution in [0.4, 0.5) is 17.1 Å². The highest BCUT2D eigenvalue weighted by Gasteiger charge is 2.37. The Kier molecular flexibility index (Phi) is 8.56. The van der Waals surface area contributed by atoms with Gasteiger partial charge >= 0.3 is 0 Å². The standard InChI is InChI=1S/C63H45N3/c1-63(2)57-27-8-3-20-51(57)56-26-15-25-50(62(56)63)44-34-32-42(33-35-44)43-36-38-45(39-37-43)64(46-16-13-18-48(40-46)65-58-28-9-4-21-52(58)53-22-5-10-29-59(53)65)47-17-14-19-49(41-47)66-60-30-11-6-23-54(60)55-24-7-12-31-61(55)66/h3-41H,1-2H3. The van der Waals surface area contributed by atoms with E-state index in [0.717, 1.165) is 28.4 Å². The highest BCUT2D eigenvalue weighted by atomic mass is 15.1. The Labute approximate surface area is 384 Å². The van der Waals surface area contributed by atoms with Gasteiger partial charge in [0.05, 0.1) is 22.1 Å². The van der Waals surface area contributed by atoms with Crippen molar-refractivity contribution in [2.24, 2.45) is 0 Å². The summed E-state index contributed by atoms with van der Waals surface area (Å²) in [6, 6.07) is 86.8. The summed E-state index contributed by atoms with van der Waals surface area (Å²) in [6.45, 7) is 4.73. The molecule has 0 spiro atoms. The number of anilines is 3. The summed E-state index contributed by atoms with van der Waals surface area (Å²) in [6.07, 6.45) is 0. The van der Waals surface area contributed by atoms with E-state index in [1.54, 1.807) is 0 Å². The van der Waals surface area contributed by atoms with Crippen LogP contribution < -0.4 is 4.90 Å². The largest absolute Gasteiger partial charge is 0.310 e. The Balaban J connectivity index is 0.921. The summed E-state index contributed by atoms with van der Waals surface area (Å²) in [5.41, 5.74) is 20.6. The van der Waals surface area contributed by atoms with Gasteiger partial charge in [-0.05, 0) is 117 Å². The zero-order valence-corrected chi connectivity index (χ0v) is 36.9. The Morgan fingerprint density at radius 2 is 0.712 bits per heavy atom. The molecule has 2 aromatic heterocycles. The van der Waals surface area contributed by atoms with Gasteiger partial charge in [-0.15, -0.1) is 0 Å². The van der Waals surface area contributed by atoms with Crippen molar-refractivity contribution in [3.8, 4) is 44.8 Å². The molecular formula is C63H45N3. The van der Waals surface area contributed by atoms with Crippen molar-refractivity contribution in [3.05, 3.63) is 248 Å². The highest BCUT2D eigenvalue weighted by Crippen LogP contribution is 2.52. The van der Waals surface area contributed by atoms with Crippen LogP contribution in [0.5, 0.6) is 0 Å². The quantitative estimate of drug-likeness (QED) is 0.156. The van der Waals surface area contributed by atoms with Crippen molar-refractivity contribution in [3.63, 3.8) is 0 Å². The summed E-state index contributed by atoms with van der Waals surface area (Å²) in [5, 5.41) is 5.00. The third kappa shape index (κ3) is 5.83. The van der Waals surface area contributed by atoms with E-state index in [1.165, 1.54) is 88.1 Å². The maximum absolute atomic E-state index is 2.40. The molecule has 0 bridgehead atoms. The Morgan fingerprint density at radius 3 is 1.23 bits per heavy atom. The molecule has 0 fully saturated rings. The van der Waals surface area contributed by atoms with Crippen LogP contribution in [0, 0.1) is 0 Å². The highest BCUT2D eigenvalue weighted by molar-refractivity contribution is 6.10. The average Bonchev–Trinajstić information content (AvgIpc) is 3.98. The first kappa shape index (κ1) is 38.1. The minimum atomic E-state index is -0.0746. The van der Waals surface area contributed by atoms with Gasteiger partial charge in [0, 0.05) is 55.4 Å². The lowest BCUT2D eigenvalue weighted by Crippen LogP contribution is -2.16. The van der Waals surface area contributed by atoms with Gasteiger partial charge in [0.25, 0.3) is 0 Å². The van der Waals surface area contributed by atoms with E-state index in [0.29, 0.717) is 0 Å². The van der Waals surface area contributed by atoms with Gasteiger partial charge in [0.1, 0.15) is 0 Å². The summed E-state index contributed by atoms with van der Waals surface area (Å²) in [4.78, 5) is 2.40. The molecule has 0 unspecified atom stereocenters. The molecule has 66 heavy (non-hydrogen) atoms. The van der Waals surface area contributed by atoms with Crippen molar-refractivity contribution in [2.75, 3.05) is 4.90 Å². The van der Waals surface area contributed by atoms with E-state index >= 15 is 0 Å². The number of hydrogen-bond acceptors (Lipinski definition) is 1. The number of hydrogen-bond donors (Lipinski definition) is 0. The minimum absolute atomic E-state index is 0.0746. The van der Waals surface area contributed by atoms with Gasteiger partial charge < -0.3 is 14.0 Å². The number of benzene rings is 10. The second-order valence-electron chi connectivity index (χ2n) is 18.1. The average molecular weight is 844 g/mol. The third-order valence-corrected chi connectivity index (χ3v) is 14.1. The van der Waals surface area contributed by atoms with Gasteiger partial charge in [-0.3, -0.25) is 0 Å². The Morgan fingerprint density at radius 1 is 0.318 bits per heavy atom. The smallest absolute Gasteiger partial charge is 0.0541 e. The lowest BCUT2D eigenvalue weighted by molar-refractivity contribution is 0.662. The first-order valence-corrected chi connectivity index (χ1v) is 22.9. The maximum Gasteiger partial charge on any atom is 0.0541 e. The first-order chi connectivity index (χ1) is 32.5. The molecule has 3 heteroatoms. The van der Waals surface area contributed by atoms with Crippen LogP contribution in [0.25, 0.3) is 88.4 Å². The molecule has 13 rings (SSSR count). The Hall–Kier alpha value is -8.40. The predicted octanol–water partition coefficient (Wildman–Crippen LogP) is 17.0.